The molecule has 0 aliphatic heterocycles. The molecule has 1 saturated carbocycles. The Hall–Kier alpha value is -3.41. The van der Waals surface area contributed by atoms with Crippen molar-refractivity contribution in [2.75, 3.05) is 7.11 Å². The maximum atomic E-state index is 5.45. The highest BCUT2D eigenvalue weighted by Gasteiger charge is 2.41. The number of aromatic nitrogens is 5. The van der Waals surface area contributed by atoms with Crippen molar-refractivity contribution in [2.45, 2.75) is 18.3 Å². The predicted octanol–water partition coefficient (Wildman–Crippen LogP) is 3.76. The van der Waals surface area contributed by atoms with E-state index in [2.05, 4.69) is 37.1 Å². The summed E-state index contributed by atoms with van der Waals surface area (Å²) in [7, 11) is 1.68. The molecule has 3 aromatic heterocycles. The van der Waals surface area contributed by atoms with Crippen LogP contribution in [-0.4, -0.2) is 32.0 Å². The summed E-state index contributed by atoms with van der Waals surface area (Å²) in [5, 5.41) is 1.15. The van der Waals surface area contributed by atoms with Crippen LogP contribution in [0, 0.1) is 0 Å². The van der Waals surface area contributed by atoms with E-state index in [1.807, 2.05) is 24.5 Å². The van der Waals surface area contributed by atoms with Crippen LogP contribution in [0.15, 0.2) is 61.3 Å². The molecule has 0 unspecified atom stereocenters. The minimum atomic E-state index is 0.424. The summed E-state index contributed by atoms with van der Waals surface area (Å²) in [6.45, 7) is 0. The van der Waals surface area contributed by atoms with Crippen LogP contribution in [-0.2, 0) is 0 Å². The molecule has 0 bridgehead atoms. The third-order valence-electron chi connectivity index (χ3n) is 5.04. The fourth-order valence-corrected chi connectivity index (χ4v) is 3.62. The van der Waals surface area contributed by atoms with Crippen LogP contribution >= 0.6 is 0 Å². The Morgan fingerprint density at radius 2 is 1.56 bits per heavy atom. The molecule has 6 nitrogen and oxygen atoms in total. The molecule has 0 amide bonds. The minimum Gasteiger partial charge on any atom is -0.494 e. The van der Waals surface area contributed by atoms with Gasteiger partial charge in [0.2, 0.25) is 0 Å². The summed E-state index contributed by atoms with van der Waals surface area (Å²) in [4.78, 5) is 21.8. The summed E-state index contributed by atoms with van der Waals surface area (Å²) in [5.74, 6) is 2.78. The largest absolute Gasteiger partial charge is 0.494 e. The Bertz CT molecular complexity index is 1100. The van der Waals surface area contributed by atoms with Crippen molar-refractivity contribution in [1.29, 1.82) is 0 Å². The van der Waals surface area contributed by atoms with Crippen LogP contribution < -0.4 is 4.74 Å². The average molecular weight is 355 g/mol. The van der Waals surface area contributed by atoms with Gasteiger partial charge in [-0.25, -0.2) is 19.9 Å². The van der Waals surface area contributed by atoms with Crippen LogP contribution in [0.5, 0.6) is 5.75 Å². The second kappa shape index (κ2) is 6.39. The second-order valence-electron chi connectivity index (χ2n) is 6.62. The van der Waals surface area contributed by atoms with Gasteiger partial charge in [0.15, 0.2) is 11.6 Å². The van der Waals surface area contributed by atoms with E-state index in [-0.39, 0.29) is 0 Å². The number of rotatable bonds is 4. The van der Waals surface area contributed by atoms with Crippen molar-refractivity contribution in [3.8, 4) is 17.4 Å². The van der Waals surface area contributed by atoms with E-state index in [0.29, 0.717) is 23.5 Å². The zero-order valence-corrected chi connectivity index (χ0v) is 14.8. The number of pyridine rings is 1. The monoisotopic (exact) mass is 355 g/mol. The van der Waals surface area contributed by atoms with Crippen LogP contribution in [0.3, 0.4) is 0 Å². The topological polar surface area (TPSA) is 73.7 Å². The molecule has 132 valence electrons. The number of benzene rings is 1. The number of ether oxygens (including phenoxy) is 1. The number of hydrogen-bond donors (Lipinski definition) is 0. The molecule has 3 heterocycles. The van der Waals surface area contributed by atoms with E-state index >= 15 is 0 Å². The van der Waals surface area contributed by atoms with Gasteiger partial charge in [0, 0.05) is 36.4 Å². The summed E-state index contributed by atoms with van der Waals surface area (Å²) in [5.41, 5.74) is 3.36. The summed E-state index contributed by atoms with van der Waals surface area (Å²) < 4.78 is 5.45. The summed E-state index contributed by atoms with van der Waals surface area (Å²) in [6, 6.07) is 10.0. The third-order valence-corrected chi connectivity index (χ3v) is 5.04. The molecule has 0 saturated heterocycles. The van der Waals surface area contributed by atoms with Crippen molar-refractivity contribution in [3.05, 3.63) is 72.4 Å². The molecule has 2 atom stereocenters. The molecule has 1 aliphatic rings. The Kier molecular flexibility index (Phi) is 3.74. The number of nitrogens with zero attached hydrogens (tertiary/aromatic N) is 5. The van der Waals surface area contributed by atoms with Crippen LogP contribution in [0.1, 0.15) is 29.4 Å². The van der Waals surface area contributed by atoms with E-state index < -0.39 is 0 Å². The number of hydrogen-bond acceptors (Lipinski definition) is 6. The Morgan fingerprint density at radius 1 is 0.815 bits per heavy atom. The first-order valence-electron chi connectivity index (χ1n) is 8.86. The molecule has 1 aliphatic carbocycles. The van der Waals surface area contributed by atoms with Crippen molar-refractivity contribution >= 4 is 10.9 Å². The van der Waals surface area contributed by atoms with Gasteiger partial charge in [-0.2, -0.15) is 0 Å². The fraction of sp³-hybridized carbons (Fsp3) is 0.190. The summed E-state index contributed by atoms with van der Waals surface area (Å²) in [6.07, 6.45) is 10.1. The van der Waals surface area contributed by atoms with Gasteiger partial charge in [-0.05, 0) is 47.6 Å². The lowest BCUT2D eigenvalue weighted by Crippen LogP contribution is -1.96. The van der Waals surface area contributed by atoms with E-state index in [0.717, 1.165) is 28.6 Å². The van der Waals surface area contributed by atoms with E-state index in [4.69, 9.17) is 4.74 Å². The van der Waals surface area contributed by atoms with E-state index in [1.54, 1.807) is 31.8 Å². The lowest BCUT2D eigenvalue weighted by molar-refractivity contribution is 0.419. The molecule has 0 N–H and O–H groups in total. The summed E-state index contributed by atoms with van der Waals surface area (Å²) >= 11 is 0. The molecule has 1 aromatic carbocycles. The molecule has 0 radical (unpaired) electrons. The van der Waals surface area contributed by atoms with Gasteiger partial charge >= 0.3 is 0 Å². The molecule has 6 heteroatoms. The third kappa shape index (κ3) is 2.79. The highest BCUT2D eigenvalue weighted by atomic mass is 16.5. The van der Waals surface area contributed by atoms with E-state index in [9.17, 15) is 0 Å². The maximum Gasteiger partial charge on any atom is 0.197 e. The number of methoxy groups -OCH3 is 1. The van der Waals surface area contributed by atoms with E-state index in [1.165, 1.54) is 5.56 Å². The molecule has 4 aromatic rings. The van der Waals surface area contributed by atoms with Gasteiger partial charge in [0.1, 0.15) is 11.3 Å². The average Bonchev–Trinajstić information content (AvgIpc) is 3.54. The quantitative estimate of drug-likeness (QED) is 0.555. The Morgan fingerprint density at radius 3 is 2.33 bits per heavy atom. The van der Waals surface area contributed by atoms with Crippen LogP contribution in [0.2, 0.25) is 0 Å². The first kappa shape index (κ1) is 15.8. The van der Waals surface area contributed by atoms with Gasteiger partial charge in [0.25, 0.3) is 0 Å². The molecule has 0 spiro atoms. The standard InChI is InChI=1S/C21H17N5O/c1-27-18-6-5-14(15-4-2-7-22-19(15)18)17-10-16(17)13-11-25-21(26-12-13)20-23-8-3-9-24-20/h2-9,11-12,16-17H,10H2,1H3/t16-,17-/m0/s1. The van der Waals surface area contributed by atoms with Crippen molar-refractivity contribution < 1.29 is 4.74 Å². The van der Waals surface area contributed by atoms with Gasteiger partial charge in [-0.15, -0.1) is 0 Å². The highest BCUT2D eigenvalue weighted by Crippen LogP contribution is 2.56. The minimum absolute atomic E-state index is 0.424. The SMILES string of the molecule is COc1ccc([C@@H]2C[C@H]2c2cnc(-c3ncccn3)nc2)c2cccnc12. The van der Waals surface area contributed by atoms with Crippen molar-refractivity contribution in [1.82, 2.24) is 24.9 Å². The highest BCUT2D eigenvalue weighted by molar-refractivity contribution is 5.88. The smallest absolute Gasteiger partial charge is 0.197 e. The molecule has 5 rings (SSSR count). The first-order chi connectivity index (χ1) is 13.3. The molecule has 27 heavy (non-hydrogen) atoms. The van der Waals surface area contributed by atoms with Crippen molar-refractivity contribution in [3.63, 3.8) is 0 Å². The van der Waals surface area contributed by atoms with Crippen LogP contribution in [0.25, 0.3) is 22.6 Å². The zero-order chi connectivity index (χ0) is 18.2. The zero-order valence-electron chi connectivity index (χ0n) is 14.8. The molecular formula is C21H17N5O. The lowest BCUT2D eigenvalue weighted by Gasteiger charge is -2.09. The number of fused-ring (bicyclic) bond motifs is 1. The predicted molar refractivity (Wildman–Crippen MR) is 101 cm³/mol. The van der Waals surface area contributed by atoms with Gasteiger partial charge in [0.05, 0.1) is 7.11 Å². The van der Waals surface area contributed by atoms with Gasteiger partial charge in [-0.1, -0.05) is 12.1 Å². The van der Waals surface area contributed by atoms with Crippen LogP contribution in [0.4, 0.5) is 0 Å². The normalized spacial score (nSPS) is 18.4. The lowest BCUT2D eigenvalue weighted by atomic mass is 10.0. The van der Waals surface area contributed by atoms with Crippen molar-refractivity contribution in [2.24, 2.45) is 0 Å². The fourth-order valence-electron chi connectivity index (χ4n) is 3.62. The first-order valence-corrected chi connectivity index (χ1v) is 8.86. The van der Waals surface area contributed by atoms with Gasteiger partial charge in [-0.3, -0.25) is 4.98 Å². The second-order valence-corrected chi connectivity index (χ2v) is 6.62. The molecule has 1 fully saturated rings. The Labute approximate surface area is 156 Å². The van der Waals surface area contributed by atoms with Gasteiger partial charge < -0.3 is 4.74 Å². The maximum absolute atomic E-state index is 5.45. The molecular weight excluding hydrogens is 338 g/mol. The Balaban J connectivity index is 1.44.